The molecule has 2 aromatic rings. The van der Waals surface area contributed by atoms with Crippen molar-refractivity contribution in [3.05, 3.63) is 36.5 Å². The van der Waals surface area contributed by atoms with Crippen LogP contribution in [0.3, 0.4) is 0 Å². The Morgan fingerprint density at radius 2 is 2.33 bits per heavy atom. The highest BCUT2D eigenvalue weighted by Gasteiger charge is 2.40. The van der Waals surface area contributed by atoms with E-state index in [1.54, 1.807) is 6.20 Å². The minimum absolute atomic E-state index is 0.0782. The van der Waals surface area contributed by atoms with E-state index in [-0.39, 0.29) is 6.10 Å². The van der Waals surface area contributed by atoms with Crippen molar-refractivity contribution in [2.75, 3.05) is 6.54 Å². The van der Waals surface area contributed by atoms with Crippen molar-refractivity contribution < 1.29 is 4.74 Å². The summed E-state index contributed by atoms with van der Waals surface area (Å²) in [7, 11) is 0. The lowest BCUT2D eigenvalue weighted by molar-refractivity contribution is 0.204. The highest BCUT2D eigenvalue weighted by Crippen LogP contribution is 2.34. The molecule has 1 aromatic heterocycles. The van der Waals surface area contributed by atoms with Crippen LogP contribution < -0.4 is 10.1 Å². The van der Waals surface area contributed by atoms with Crippen molar-refractivity contribution in [3.8, 4) is 11.8 Å². The van der Waals surface area contributed by atoms with E-state index in [9.17, 15) is 5.26 Å². The maximum Gasteiger partial charge on any atom is 0.129 e. The van der Waals surface area contributed by atoms with Gasteiger partial charge in [0.25, 0.3) is 0 Å². The molecular weight excluding hydrogens is 262 g/mol. The molecule has 1 aliphatic rings. The van der Waals surface area contributed by atoms with Gasteiger partial charge in [0, 0.05) is 18.0 Å². The number of fused-ring (bicyclic) bond motifs is 1. The Hall–Kier alpha value is -2.12. The molecule has 3 rings (SSSR count). The van der Waals surface area contributed by atoms with Crippen molar-refractivity contribution in [1.29, 1.82) is 5.26 Å². The van der Waals surface area contributed by atoms with Crippen LogP contribution in [0.15, 0.2) is 36.5 Å². The Kier molecular flexibility index (Phi) is 3.76. The lowest BCUT2D eigenvalue weighted by Gasteiger charge is -2.22. The van der Waals surface area contributed by atoms with Crippen molar-refractivity contribution in [2.45, 2.75) is 37.8 Å². The van der Waals surface area contributed by atoms with E-state index in [4.69, 9.17) is 4.74 Å². The zero-order chi connectivity index (χ0) is 14.7. The summed E-state index contributed by atoms with van der Waals surface area (Å²) < 4.78 is 6.16. The molecule has 1 N–H and O–H groups in total. The van der Waals surface area contributed by atoms with Crippen molar-refractivity contribution in [1.82, 2.24) is 10.3 Å². The van der Waals surface area contributed by atoms with Crippen LogP contribution in [0.2, 0.25) is 0 Å². The highest BCUT2D eigenvalue weighted by molar-refractivity contribution is 5.84. The summed E-state index contributed by atoms with van der Waals surface area (Å²) >= 11 is 0. The number of nitriles is 1. The largest absolute Gasteiger partial charge is 0.490 e. The number of pyridine rings is 1. The molecule has 0 radical (unpaired) electrons. The fourth-order valence-corrected chi connectivity index (χ4v) is 3.10. The third-order valence-corrected chi connectivity index (χ3v) is 4.10. The number of aromatic nitrogens is 1. The predicted molar refractivity (Wildman–Crippen MR) is 82.0 cm³/mol. The quantitative estimate of drug-likeness (QED) is 0.935. The first kappa shape index (κ1) is 13.8. The van der Waals surface area contributed by atoms with Crippen LogP contribution in [0.5, 0.6) is 5.75 Å². The smallest absolute Gasteiger partial charge is 0.129 e. The van der Waals surface area contributed by atoms with Crippen LogP contribution >= 0.6 is 0 Å². The van der Waals surface area contributed by atoms with Crippen LogP contribution in [0, 0.1) is 11.3 Å². The molecule has 1 aliphatic carbocycles. The third kappa shape index (κ3) is 2.70. The summed E-state index contributed by atoms with van der Waals surface area (Å²) in [5.74, 6) is 0.857. The van der Waals surface area contributed by atoms with Crippen LogP contribution in [-0.4, -0.2) is 23.2 Å². The van der Waals surface area contributed by atoms with Gasteiger partial charge in [0.15, 0.2) is 0 Å². The molecule has 4 heteroatoms. The van der Waals surface area contributed by atoms with E-state index in [2.05, 4.69) is 16.4 Å². The van der Waals surface area contributed by atoms with E-state index in [1.165, 1.54) is 0 Å². The van der Waals surface area contributed by atoms with Crippen LogP contribution in [0.4, 0.5) is 0 Å². The molecule has 108 valence electrons. The van der Waals surface area contributed by atoms with Gasteiger partial charge in [0.1, 0.15) is 17.4 Å². The average molecular weight is 281 g/mol. The Labute approximate surface area is 124 Å². The predicted octanol–water partition coefficient (Wildman–Crippen LogP) is 3.04. The molecule has 1 heterocycles. The first-order valence-corrected chi connectivity index (χ1v) is 7.43. The Balaban J connectivity index is 1.80. The maximum absolute atomic E-state index is 9.43. The molecule has 0 aliphatic heterocycles. The summed E-state index contributed by atoms with van der Waals surface area (Å²) in [6.07, 6.45) is 4.33. The average Bonchev–Trinajstić information content (AvgIpc) is 2.92. The topological polar surface area (TPSA) is 57.9 Å². The molecule has 1 fully saturated rings. The van der Waals surface area contributed by atoms with E-state index < -0.39 is 5.54 Å². The summed E-state index contributed by atoms with van der Waals surface area (Å²) in [6.45, 7) is 2.84. The molecule has 21 heavy (non-hydrogen) atoms. The van der Waals surface area contributed by atoms with E-state index >= 15 is 0 Å². The molecule has 0 amide bonds. The standard InChI is InChI=1S/C17H19N3O/c1-2-20-17(12-18)9-8-13(11-17)21-16-7-3-6-15-14(16)5-4-10-19-15/h3-7,10,13,20H,2,8-9,11H2,1H3. The number of ether oxygens (including phenoxy) is 1. The lowest BCUT2D eigenvalue weighted by atomic mass is 10.00. The van der Waals surface area contributed by atoms with Gasteiger partial charge < -0.3 is 4.74 Å². The van der Waals surface area contributed by atoms with Crippen molar-refractivity contribution in [3.63, 3.8) is 0 Å². The van der Waals surface area contributed by atoms with Gasteiger partial charge in [-0.05, 0) is 43.7 Å². The third-order valence-electron chi connectivity index (χ3n) is 4.10. The minimum Gasteiger partial charge on any atom is -0.490 e. The molecule has 1 aromatic carbocycles. The summed E-state index contributed by atoms with van der Waals surface area (Å²) in [5, 5.41) is 13.8. The zero-order valence-electron chi connectivity index (χ0n) is 12.2. The van der Waals surface area contributed by atoms with E-state index in [0.29, 0.717) is 0 Å². The second kappa shape index (κ2) is 5.71. The maximum atomic E-state index is 9.43. The van der Waals surface area contributed by atoms with Gasteiger partial charge in [-0.2, -0.15) is 5.26 Å². The Bertz CT molecular complexity index is 674. The van der Waals surface area contributed by atoms with Crippen molar-refractivity contribution >= 4 is 10.9 Å². The number of nitrogens with one attached hydrogen (secondary N) is 1. The Morgan fingerprint density at radius 3 is 3.14 bits per heavy atom. The van der Waals surface area contributed by atoms with Gasteiger partial charge in [0.05, 0.1) is 11.6 Å². The lowest BCUT2D eigenvalue weighted by Crippen LogP contribution is -2.42. The van der Waals surface area contributed by atoms with Gasteiger partial charge in [-0.3, -0.25) is 10.3 Å². The van der Waals surface area contributed by atoms with Gasteiger partial charge >= 0.3 is 0 Å². The fourth-order valence-electron chi connectivity index (χ4n) is 3.10. The van der Waals surface area contributed by atoms with Crippen LogP contribution in [0.1, 0.15) is 26.2 Å². The number of benzene rings is 1. The molecule has 0 bridgehead atoms. The van der Waals surface area contributed by atoms with Gasteiger partial charge in [-0.15, -0.1) is 0 Å². The monoisotopic (exact) mass is 281 g/mol. The van der Waals surface area contributed by atoms with Gasteiger partial charge in [0.2, 0.25) is 0 Å². The summed E-state index contributed by atoms with van der Waals surface area (Å²) in [6, 6.07) is 12.3. The van der Waals surface area contributed by atoms with Gasteiger partial charge in [-0.1, -0.05) is 13.0 Å². The first-order valence-electron chi connectivity index (χ1n) is 7.43. The SMILES string of the molecule is CCNC1(C#N)CCC(Oc2cccc3ncccc23)C1. The molecule has 2 unspecified atom stereocenters. The zero-order valence-corrected chi connectivity index (χ0v) is 12.2. The molecule has 4 nitrogen and oxygen atoms in total. The summed E-state index contributed by atoms with van der Waals surface area (Å²) in [5.41, 5.74) is 0.508. The van der Waals surface area contributed by atoms with Gasteiger partial charge in [-0.25, -0.2) is 0 Å². The van der Waals surface area contributed by atoms with E-state index in [0.717, 1.165) is 42.5 Å². The second-order valence-corrected chi connectivity index (χ2v) is 5.53. The van der Waals surface area contributed by atoms with Crippen molar-refractivity contribution in [2.24, 2.45) is 0 Å². The minimum atomic E-state index is -0.428. The fraction of sp³-hybridized carbons (Fsp3) is 0.412. The normalized spacial score (nSPS) is 24.9. The number of nitrogens with zero attached hydrogens (tertiary/aromatic N) is 2. The Morgan fingerprint density at radius 1 is 1.43 bits per heavy atom. The number of rotatable bonds is 4. The molecule has 0 spiro atoms. The molecule has 2 atom stereocenters. The molecule has 1 saturated carbocycles. The molecule has 0 saturated heterocycles. The highest BCUT2D eigenvalue weighted by atomic mass is 16.5. The van der Waals surface area contributed by atoms with Crippen LogP contribution in [0.25, 0.3) is 10.9 Å². The first-order chi connectivity index (χ1) is 10.3. The number of hydrogen-bond donors (Lipinski definition) is 1. The number of hydrogen-bond acceptors (Lipinski definition) is 4. The second-order valence-electron chi connectivity index (χ2n) is 5.53. The summed E-state index contributed by atoms with van der Waals surface area (Å²) in [4.78, 5) is 4.35. The van der Waals surface area contributed by atoms with E-state index in [1.807, 2.05) is 37.3 Å². The molecular formula is C17H19N3O. The van der Waals surface area contributed by atoms with Crippen LogP contribution in [-0.2, 0) is 0 Å².